The molecule has 3 aromatic rings. The molecule has 5 rings (SSSR count). The number of benzene rings is 3. The van der Waals surface area contributed by atoms with Gasteiger partial charge in [0.15, 0.2) is 0 Å². The van der Waals surface area contributed by atoms with Crippen LogP contribution in [0.5, 0.6) is 5.75 Å². The van der Waals surface area contributed by atoms with Crippen LogP contribution < -0.4 is 15.0 Å². The number of ether oxygens (including phenoxy) is 1. The predicted octanol–water partition coefficient (Wildman–Crippen LogP) is 4.91. The highest BCUT2D eigenvalue weighted by atomic mass is 32.2. The van der Waals surface area contributed by atoms with Crippen LogP contribution in [-0.4, -0.2) is 46.5 Å². The first-order chi connectivity index (χ1) is 17.4. The number of para-hydroxylation sites is 1. The highest BCUT2D eigenvalue weighted by Gasteiger charge is 2.33. The van der Waals surface area contributed by atoms with Crippen molar-refractivity contribution in [1.82, 2.24) is 10.2 Å². The van der Waals surface area contributed by atoms with Crippen LogP contribution in [0.3, 0.4) is 0 Å². The third-order valence-electron chi connectivity index (χ3n) is 6.43. The Bertz CT molecular complexity index is 1300. The SMILES string of the molecule is Cc1ccc2c(c1)N(c1ccccc1)CN(C(C)COc1ccc(CC3SC(=O)NC3=O)cc1)C2=O. The molecular formula is C28H27N3O4S. The van der Waals surface area contributed by atoms with Crippen molar-refractivity contribution in [2.75, 3.05) is 18.2 Å². The van der Waals surface area contributed by atoms with Crippen LogP contribution in [0.1, 0.15) is 28.4 Å². The number of nitrogens with zero attached hydrogens (tertiary/aromatic N) is 2. The maximum Gasteiger partial charge on any atom is 0.286 e. The van der Waals surface area contributed by atoms with Crippen molar-refractivity contribution in [2.45, 2.75) is 31.6 Å². The summed E-state index contributed by atoms with van der Waals surface area (Å²) in [6, 6.07) is 23.3. The van der Waals surface area contributed by atoms with Gasteiger partial charge in [-0.2, -0.15) is 0 Å². The first-order valence-corrected chi connectivity index (χ1v) is 12.7. The van der Waals surface area contributed by atoms with Gasteiger partial charge in [0.05, 0.1) is 29.2 Å². The second-order valence-electron chi connectivity index (χ2n) is 9.09. The zero-order valence-electron chi connectivity index (χ0n) is 20.1. The highest BCUT2D eigenvalue weighted by Crippen LogP contribution is 2.35. The second kappa shape index (κ2) is 10.1. The monoisotopic (exact) mass is 501 g/mol. The lowest BCUT2D eigenvalue weighted by Gasteiger charge is -2.41. The molecule has 1 fully saturated rings. The fraction of sp³-hybridized carbons (Fsp3) is 0.250. The smallest absolute Gasteiger partial charge is 0.286 e. The summed E-state index contributed by atoms with van der Waals surface area (Å²) in [7, 11) is 0. The maximum absolute atomic E-state index is 13.4. The Balaban J connectivity index is 1.26. The van der Waals surface area contributed by atoms with Crippen molar-refractivity contribution < 1.29 is 19.1 Å². The number of hydrogen-bond donors (Lipinski definition) is 1. The third-order valence-corrected chi connectivity index (χ3v) is 7.41. The molecule has 0 aromatic heterocycles. The van der Waals surface area contributed by atoms with E-state index in [0.717, 1.165) is 34.3 Å². The lowest BCUT2D eigenvalue weighted by molar-refractivity contribution is -0.118. The zero-order chi connectivity index (χ0) is 25.2. The van der Waals surface area contributed by atoms with Gasteiger partial charge in [-0.15, -0.1) is 0 Å². The summed E-state index contributed by atoms with van der Waals surface area (Å²) < 4.78 is 6.03. The van der Waals surface area contributed by atoms with Crippen LogP contribution in [0.25, 0.3) is 0 Å². The molecule has 2 aliphatic heterocycles. The van der Waals surface area contributed by atoms with Crippen LogP contribution in [0.2, 0.25) is 0 Å². The van der Waals surface area contributed by atoms with Crippen molar-refractivity contribution >= 4 is 40.2 Å². The first-order valence-electron chi connectivity index (χ1n) is 11.9. The number of fused-ring (bicyclic) bond motifs is 1. The van der Waals surface area contributed by atoms with Gasteiger partial charge in [-0.25, -0.2) is 0 Å². The van der Waals surface area contributed by atoms with E-state index in [4.69, 9.17) is 4.74 Å². The van der Waals surface area contributed by atoms with Gasteiger partial charge in [0.2, 0.25) is 5.91 Å². The summed E-state index contributed by atoms with van der Waals surface area (Å²) in [5.41, 5.74) is 4.69. The lowest BCUT2D eigenvalue weighted by Crippen LogP contribution is -2.50. The Morgan fingerprint density at radius 3 is 2.47 bits per heavy atom. The molecule has 184 valence electrons. The maximum atomic E-state index is 13.4. The molecule has 1 saturated heterocycles. The number of anilines is 2. The molecule has 36 heavy (non-hydrogen) atoms. The number of carbonyl (C=O) groups excluding carboxylic acids is 3. The van der Waals surface area contributed by atoms with Crippen molar-refractivity contribution in [3.05, 3.63) is 89.5 Å². The van der Waals surface area contributed by atoms with E-state index in [9.17, 15) is 14.4 Å². The standard InChI is InChI=1S/C28H27N3O4S/c1-18-8-13-23-24(14-18)31(21-6-4-3-5-7-21)17-30(27(23)33)19(2)16-35-22-11-9-20(10-12-22)15-25-26(32)29-28(34)36-25/h3-14,19,25H,15-17H2,1-2H3,(H,29,32,34). The lowest BCUT2D eigenvalue weighted by atomic mass is 10.0. The fourth-order valence-electron chi connectivity index (χ4n) is 4.43. The van der Waals surface area contributed by atoms with E-state index in [1.165, 1.54) is 0 Å². The molecule has 2 unspecified atom stereocenters. The Hall–Kier alpha value is -3.78. The number of amides is 3. The number of rotatable bonds is 7. The molecule has 0 radical (unpaired) electrons. The summed E-state index contributed by atoms with van der Waals surface area (Å²) in [4.78, 5) is 40.6. The van der Waals surface area contributed by atoms with Gasteiger partial charge in [-0.05, 0) is 67.8 Å². The van der Waals surface area contributed by atoms with Gasteiger partial charge in [-0.3, -0.25) is 19.7 Å². The van der Waals surface area contributed by atoms with Crippen molar-refractivity contribution in [3.63, 3.8) is 0 Å². The molecule has 0 spiro atoms. The molecule has 2 atom stereocenters. The highest BCUT2D eigenvalue weighted by molar-refractivity contribution is 8.15. The van der Waals surface area contributed by atoms with Crippen LogP contribution in [0, 0.1) is 6.92 Å². The number of hydrogen-bond acceptors (Lipinski definition) is 6. The van der Waals surface area contributed by atoms with Crippen molar-refractivity contribution in [1.29, 1.82) is 0 Å². The van der Waals surface area contributed by atoms with E-state index in [-0.39, 0.29) is 23.1 Å². The molecule has 0 bridgehead atoms. The molecule has 0 saturated carbocycles. The minimum absolute atomic E-state index is 0.00878. The Morgan fingerprint density at radius 2 is 1.78 bits per heavy atom. The van der Waals surface area contributed by atoms with E-state index >= 15 is 0 Å². The molecule has 7 nitrogen and oxygen atoms in total. The molecule has 2 heterocycles. The summed E-state index contributed by atoms with van der Waals surface area (Å²) in [6.07, 6.45) is 0.482. The van der Waals surface area contributed by atoms with Gasteiger partial charge < -0.3 is 14.5 Å². The molecule has 1 N–H and O–H groups in total. The van der Waals surface area contributed by atoms with E-state index in [1.54, 1.807) is 0 Å². The number of imide groups is 1. The molecule has 2 aliphatic rings. The van der Waals surface area contributed by atoms with E-state index < -0.39 is 5.25 Å². The van der Waals surface area contributed by atoms with Gasteiger partial charge in [-0.1, -0.05) is 48.2 Å². The Morgan fingerprint density at radius 1 is 1.03 bits per heavy atom. The Labute approximate surface area is 214 Å². The van der Waals surface area contributed by atoms with Crippen LogP contribution in [-0.2, 0) is 11.2 Å². The molecule has 0 aliphatic carbocycles. The van der Waals surface area contributed by atoms with Crippen molar-refractivity contribution in [3.8, 4) is 5.75 Å². The average Bonchev–Trinajstić information content (AvgIpc) is 3.20. The van der Waals surface area contributed by atoms with Crippen LogP contribution in [0.4, 0.5) is 16.2 Å². The van der Waals surface area contributed by atoms with E-state index in [0.29, 0.717) is 31.0 Å². The summed E-state index contributed by atoms with van der Waals surface area (Å²) in [5, 5.41) is 1.62. The first kappa shape index (κ1) is 23.9. The summed E-state index contributed by atoms with van der Waals surface area (Å²) >= 11 is 1.03. The number of carbonyl (C=O) groups is 3. The minimum Gasteiger partial charge on any atom is -0.491 e. The summed E-state index contributed by atoms with van der Waals surface area (Å²) in [5.74, 6) is 0.433. The normalized spacial score (nSPS) is 18.2. The van der Waals surface area contributed by atoms with Gasteiger partial charge >= 0.3 is 0 Å². The second-order valence-corrected chi connectivity index (χ2v) is 10.3. The number of nitrogens with one attached hydrogen (secondary N) is 1. The van der Waals surface area contributed by atoms with Crippen LogP contribution in [0.15, 0.2) is 72.8 Å². The van der Waals surface area contributed by atoms with Gasteiger partial charge in [0.25, 0.3) is 11.1 Å². The minimum atomic E-state index is -0.395. The van der Waals surface area contributed by atoms with E-state index in [1.807, 2.05) is 85.5 Å². The largest absolute Gasteiger partial charge is 0.491 e. The molecule has 3 amide bonds. The quantitative estimate of drug-likeness (QED) is 0.496. The Kier molecular flexibility index (Phi) is 6.69. The number of thioether (sulfide) groups is 1. The van der Waals surface area contributed by atoms with Gasteiger partial charge in [0.1, 0.15) is 12.4 Å². The molecular weight excluding hydrogens is 474 g/mol. The predicted molar refractivity (Wildman–Crippen MR) is 141 cm³/mol. The number of aryl methyl sites for hydroxylation is 1. The zero-order valence-corrected chi connectivity index (χ0v) is 21.0. The summed E-state index contributed by atoms with van der Waals surface area (Å²) in [6.45, 7) is 4.79. The van der Waals surface area contributed by atoms with Crippen LogP contribution >= 0.6 is 11.8 Å². The molecule has 8 heteroatoms. The average molecular weight is 502 g/mol. The topological polar surface area (TPSA) is 79.0 Å². The van der Waals surface area contributed by atoms with Gasteiger partial charge in [0, 0.05) is 5.69 Å². The van der Waals surface area contributed by atoms with Crippen molar-refractivity contribution in [2.24, 2.45) is 0 Å². The van der Waals surface area contributed by atoms with E-state index in [2.05, 4.69) is 16.3 Å². The third kappa shape index (κ3) is 4.95. The fourth-order valence-corrected chi connectivity index (χ4v) is 5.29. The molecule has 3 aromatic carbocycles.